The molecule has 0 atom stereocenters. The van der Waals surface area contributed by atoms with Crippen LogP contribution in [-0.2, 0) is 31.3 Å². The molecule has 196 valence electrons. The number of aryl methyl sites for hydroxylation is 2. The van der Waals surface area contributed by atoms with Gasteiger partial charge in [-0.15, -0.1) is 0 Å². The third-order valence-electron chi connectivity index (χ3n) is 6.01. The maximum atomic E-state index is 13.2. The van der Waals surface area contributed by atoms with Crippen molar-refractivity contribution in [3.63, 3.8) is 0 Å². The van der Waals surface area contributed by atoms with Crippen molar-refractivity contribution < 1.29 is 26.4 Å². The fraction of sp³-hybridized carbons (Fsp3) is 0.269. The van der Waals surface area contributed by atoms with E-state index in [0.717, 1.165) is 11.1 Å². The summed E-state index contributed by atoms with van der Waals surface area (Å²) in [5.41, 5.74) is 3.22. The molecular weight excluding hydrogens is 514 g/mol. The van der Waals surface area contributed by atoms with Crippen LogP contribution in [0.1, 0.15) is 16.7 Å². The molecular formula is C26H29N3O6S2. The van der Waals surface area contributed by atoms with Gasteiger partial charge in [0.25, 0.3) is 15.9 Å². The lowest BCUT2D eigenvalue weighted by molar-refractivity contribution is -0.123. The molecule has 0 aliphatic carbocycles. The van der Waals surface area contributed by atoms with Gasteiger partial charge in [-0.2, -0.15) is 0 Å². The highest BCUT2D eigenvalue weighted by molar-refractivity contribution is 7.92. The third-order valence-corrected chi connectivity index (χ3v) is 9.29. The molecule has 0 aromatic heterocycles. The Morgan fingerprint density at radius 2 is 1.62 bits per heavy atom. The number of anilines is 1. The molecule has 2 N–H and O–H groups in total. The number of carbonyl (C=O) groups is 1. The monoisotopic (exact) mass is 543 g/mol. The number of sulfonamides is 2. The van der Waals surface area contributed by atoms with Crippen molar-refractivity contribution in [1.82, 2.24) is 10.0 Å². The molecule has 0 spiro atoms. The van der Waals surface area contributed by atoms with Gasteiger partial charge in [-0.1, -0.05) is 35.9 Å². The molecule has 11 heteroatoms. The van der Waals surface area contributed by atoms with E-state index in [4.69, 9.17) is 4.74 Å². The summed E-state index contributed by atoms with van der Waals surface area (Å²) in [6.45, 7) is 3.78. The molecule has 0 radical (unpaired) electrons. The SMILES string of the molecule is Cc1ccc(S(=O)(=O)NCCNC(=O)COc2ccc(S(=O)(=O)N3CCc4ccccc43)cc2C)cc1. The van der Waals surface area contributed by atoms with Crippen molar-refractivity contribution in [1.29, 1.82) is 0 Å². The number of nitrogens with one attached hydrogen (secondary N) is 2. The number of amides is 1. The predicted molar refractivity (Wildman–Crippen MR) is 141 cm³/mol. The van der Waals surface area contributed by atoms with Crippen LogP contribution >= 0.6 is 0 Å². The molecule has 1 heterocycles. The molecule has 1 amide bonds. The normalized spacial score (nSPS) is 13.3. The Bertz CT molecular complexity index is 1500. The molecule has 37 heavy (non-hydrogen) atoms. The van der Waals surface area contributed by atoms with E-state index in [0.29, 0.717) is 30.0 Å². The maximum absolute atomic E-state index is 13.2. The van der Waals surface area contributed by atoms with Crippen LogP contribution in [0.25, 0.3) is 0 Å². The highest BCUT2D eigenvalue weighted by atomic mass is 32.2. The molecule has 0 fully saturated rings. The van der Waals surface area contributed by atoms with Crippen LogP contribution in [0, 0.1) is 13.8 Å². The van der Waals surface area contributed by atoms with E-state index >= 15 is 0 Å². The van der Waals surface area contributed by atoms with Crippen LogP contribution in [0.15, 0.2) is 76.5 Å². The fourth-order valence-corrected chi connectivity index (χ4v) is 6.63. The summed E-state index contributed by atoms with van der Waals surface area (Å²) in [5.74, 6) is -0.0460. The number of benzene rings is 3. The van der Waals surface area contributed by atoms with Gasteiger partial charge in [0.1, 0.15) is 5.75 Å². The van der Waals surface area contributed by atoms with Gasteiger partial charge >= 0.3 is 0 Å². The summed E-state index contributed by atoms with van der Waals surface area (Å²) in [6.07, 6.45) is 0.665. The van der Waals surface area contributed by atoms with Crippen molar-refractivity contribution in [2.45, 2.75) is 30.1 Å². The number of fused-ring (bicyclic) bond motifs is 1. The zero-order valence-corrected chi connectivity index (χ0v) is 22.2. The minimum absolute atomic E-state index is 0.0210. The summed E-state index contributed by atoms with van der Waals surface area (Å²) in [7, 11) is -7.39. The van der Waals surface area contributed by atoms with Gasteiger partial charge in [-0.05, 0) is 67.8 Å². The highest BCUT2D eigenvalue weighted by Gasteiger charge is 2.30. The van der Waals surface area contributed by atoms with E-state index < -0.39 is 26.0 Å². The topological polar surface area (TPSA) is 122 Å². The summed E-state index contributed by atoms with van der Waals surface area (Å²) in [4.78, 5) is 12.5. The van der Waals surface area contributed by atoms with Crippen LogP contribution < -0.4 is 19.1 Å². The van der Waals surface area contributed by atoms with E-state index in [1.165, 1.54) is 34.6 Å². The van der Waals surface area contributed by atoms with Crippen molar-refractivity contribution in [2.75, 3.05) is 30.5 Å². The van der Waals surface area contributed by atoms with Crippen molar-refractivity contribution >= 4 is 31.6 Å². The first kappa shape index (κ1) is 26.6. The fourth-order valence-electron chi connectivity index (χ4n) is 4.01. The summed E-state index contributed by atoms with van der Waals surface area (Å²) >= 11 is 0. The van der Waals surface area contributed by atoms with Crippen LogP contribution in [0.5, 0.6) is 5.75 Å². The third kappa shape index (κ3) is 6.12. The first-order chi connectivity index (χ1) is 17.6. The Hall–Kier alpha value is -3.41. The average Bonchev–Trinajstić information content (AvgIpc) is 3.31. The lowest BCUT2D eigenvalue weighted by Gasteiger charge is -2.20. The van der Waals surface area contributed by atoms with Crippen LogP contribution in [0.4, 0.5) is 5.69 Å². The Balaban J connectivity index is 1.28. The number of rotatable bonds is 10. The molecule has 0 saturated heterocycles. The zero-order chi connectivity index (χ0) is 26.6. The van der Waals surface area contributed by atoms with Gasteiger partial charge in [-0.3, -0.25) is 9.10 Å². The molecule has 0 bridgehead atoms. The standard InChI is InChI=1S/C26H29N3O6S2/c1-19-7-9-22(10-8-19)36(31,32)28-15-14-27-26(30)18-35-25-12-11-23(17-20(25)2)37(33,34)29-16-13-21-5-3-4-6-24(21)29/h3-12,17,28H,13-16,18H2,1-2H3,(H,27,30). The quantitative estimate of drug-likeness (QED) is 0.379. The lowest BCUT2D eigenvalue weighted by Crippen LogP contribution is -2.36. The Labute approximate surface area is 217 Å². The minimum Gasteiger partial charge on any atom is -0.484 e. The number of ether oxygens (including phenoxy) is 1. The molecule has 3 aromatic rings. The summed E-state index contributed by atoms with van der Waals surface area (Å²) < 4.78 is 60.4. The molecule has 0 unspecified atom stereocenters. The minimum atomic E-state index is -3.73. The van der Waals surface area contributed by atoms with Crippen LogP contribution in [0.2, 0.25) is 0 Å². The van der Waals surface area contributed by atoms with E-state index in [9.17, 15) is 21.6 Å². The maximum Gasteiger partial charge on any atom is 0.264 e. The Morgan fingerprint density at radius 1 is 0.919 bits per heavy atom. The highest BCUT2D eigenvalue weighted by Crippen LogP contribution is 2.33. The van der Waals surface area contributed by atoms with E-state index in [2.05, 4.69) is 10.0 Å². The number of hydrogen-bond acceptors (Lipinski definition) is 6. The number of hydrogen-bond donors (Lipinski definition) is 2. The van der Waals surface area contributed by atoms with Gasteiger partial charge in [0, 0.05) is 19.6 Å². The number of carbonyl (C=O) groups excluding carboxylic acids is 1. The van der Waals surface area contributed by atoms with Crippen LogP contribution in [0.3, 0.4) is 0 Å². The van der Waals surface area contributed by atoms with Crippen molar-refractivity contribution in [3.05, 3.63) is 83.4 Å². The number of nitrogens with zero attached hydrogens (tertiary/aromatic N) is 1. The van der Waals surface area contributed by atoms with E-state index in [1.807, 2.05) is 25.1 Å². The molecule has 4 rings (SSSR count). The van der Waals surface area contributed by atoms with Gasteiger partial charge in [0.15, 0.2) is 6.61 Å². The Morgan fingerprint density at radius 3 is 2.35 bits per heavy atom. The second-order valence-electron chi connectivity index (χ2n) is 8.73. The summed E-state index contributed by atoms with van der Waals surface area (Å²) in [6, 6.07) is 18.4. The zero-order valence-electron chi connectivity index (χ0n) is 20.6. The van der Waals surface area contributed by atoms with E-state index in [1.54, 1.807) is 25.1 Å². The average molecular weight is 544 g/mol. The first-order valence-corrected chi connectivity index (χ1v) is 14.7. The molecule has 9 nitrogen and oxygen atoms in total. The van der Waals surface area contributed by atoms with Gasteiger partial charge in [-0.25, -0.2) is 21.6 Å². The van der Waals surface area contributed by atoms with Gasteiger partial charge in [0.05, 0.1) is 15.5 Å². The smallest absolute Gasteiger partial charge is 0.264 e. The van der Waals surface area contributed by atoms with Crippen molar-refractivity contribution in [2.24, 2.45) is 0 Å². The molecule has 0 saturated carbocycles. The second kappa shape index (κ2) is 10.9. The predicted octanol–water partition coefficient (Wildman–Crippen LogP) is 2.53. The Kier molecular flexibility index (Phi) is 7.86. The van der Waals surface area contributed by atoms with Crippen molar-refractivity contribution in [3.8, 4) is 5.75 Å². The van der Waals surface area contributed by atoms with Crippen LogP contribution in [-0.4, -0.2) is 49.0 Å². The van der Waals surface area contributed by atoms with Gasteiger partial charge in [0.2, 0.25) is 10.0 Å². The molecule has 1 aliphatic heterocycles. The summed E-state index contributed by atoms with van der Waals surface area (Å²) in [5, 5.41) is 2.59. The lowest BCUT2D eigenvalue weighted by atomic mass is 10.2. The van der Waals surface area contributed by atoms with E-state index in [-0.39, 0.29) is 29.5 Å². The first-order valence-electron chi connectivity index (χ1n) is 11.7. The second-order valence-corrected chi connectivity index (χ2v) is 12.4. The number of para-hydroxylation sites is 1. The van der Waals surface area contributed by atoms with Gasteiger partial charge < -0.3 is 10.1 Å². The molecule has 1 aliphatic rings. The molecule has 3 aromatic carbocycles. The largest absolute Gasteiger partial charge is 0.484 e.